The maximum absolute atomic E-state index is 13.6. The number of carbonyl (C=O) groups is 1. The average Bonchev–Trinajstić information content (AvgIpc) is 2.96. The normalized spacial score (nSPS) is 14.2. The fraction of sp³-hybridized carbons (Fsp3) is 0.219. The van der Waals surface area contributed by atoms with Crippen LogP contribution in [-0.4, -0.2) is 37.0 Å². The van der Waals surface area contributed by atoms with Crippen LogP contribution in [0.4, 0.5) is 5.69 Å². The van der Waals surface area contributed by atoms with Crippen LogP contribution in [0, 0.1) is 0 Å². The molecule has 37 heavy (non-hydrogen) atoms. The van der Waals surface area contributed by atoms with E-state index in [2.05, 4.69) is 17.0 Å². The minimum absolute atomic E-state index is 0.0370. The van der Waals surface area contributed by atoms with Gasteiger partial charge in [0, 0.05) is 36.9 Å². The van der Waals surface area contributed by atoms with E-state index in [-0.39, 0.29) is 11.9 Å². The zero-order chi connectivity index (χ0) is 25.5. The molecule has 188 valence electrons. The van der Waals surface area contributed by atoms with Crippen LogP contribution in [0.5, 0.6) is 17.2 Å². The Kier molecular flexibility index (Phi) is 7.82. The maximum Gasteiger partial charge on any atom is 0.258 e. The van der Waals surface area contributed by atoms with Gasteiger partial charge in [-0.2, -0.15) is 0 Å². The van der Waals surface area contributed by atoms with Crippen molar-refractivity contribution in [3.63, 3.8) is 0 Å². The molecule has 1 heterocycles. The summed E-state index contributed by atoms with van der Waals surface area (Å²) in [6.07, 6.45) is 1.82. The number of para-hydroxylation sites is 1. The molecule has 0 aromatic heterocycles. The first-order chi connectivity index (χ1) is 18.2. The summed E-state index contributed by atoms with van der Waals surface area (Å²) in [6, 6.07) is 35.6. The van der Waals surface area contributed by atoms with E-state index in [0.717, 1.165) is 55.4 Å². The Labute approximate surface area is 218 Å². The zero-order valence-electron chi connectivity index (χ0n) is 21.1. The van der Waals surface area contributed by atoms with Crippen molar-refractivity contribution < 1.29 is 14.3 Å². The number of hydrogen-bond acceptors (Lipinski definition) is 4. The average molecular weight is 493 g/mol. The minimum Gasteiger partial charge on any atom is -0.497 e. The molecule has 0 unspecified atom stereocenters. The quantitative estimate of drug-likeness (QED) is 0.271. The molecule has 0 bridgehead atoms. The van der Waals surface area contributed by atoms with Gasteiger partial charge in [-0.25, -0.2) is 0 Å². The predicted molar refractivity (Wildman–Crippen MR) is 148 cm³/mol. The molecule has 5 nitrogen and oxygen atoms in total. The van der Waals surface area contributed by atoms with Crippen LogP contribution < -0.4 is 14.4 Å². The molecule has 1 saturated heterocycles. The van der Waals surface area contributed by atoms with E-state index >= 15 is 0 Å². The predicted octanol–water partition coefficient (Wildman–Crippen LogP) is 6.80. The lowest BCUT2D eigenvalue weighted by Gasteiger charge is -2.38. The number of benzene rings is 4. The van der Waals surface area contributed by atoms with Crippen LogP contribution in [0.1, 0.15) is 28.8 Å². The van der Waals surface area contributed by atoms with E-state index in [0.29, 0.717) is 5.56 Å². The van der Waals surface area contributed by atoms with Crippen LogP contribution in [0.25, 0.3) is 0 Å². The van der Waals surface area contributed by atoms with E-state index in [1.165, 1.54) is 5.56 Å². The van der Waals surface area contributed by atoms with Gasteiger partial charge in [-0.1, -0.05) is 48.5 Å². The van der Waals surface area contributed by atoms with Crippen LogP contribution in [0.15, 0.2) is 109 Å². The zero-order valence-corrected chi connectivity index (χ0v) is 21.1. The molecule has 0 aliphatic carbocycles. The second kappa shape index (κ2) is 11.8. The van der Waals surface area contributed by atoms with Gasteiger partial charge in [0.1, 0.15) is 17.2 Å². The molecule has 0 radical (unpaired) electrons. The molecule has 1 aliphatic heterocycles. The number of anilines is 1. The fourth-order valence-electron chi connectivity index (χ4n) is 4.88. The molecule has 5 rings (SSSR count). The van der Waals surface area contributed by atoms with Crippen LogP contribution >= 0.6 is 0 Å². The summed E-state index contributed by atoms with van der Waals surface area (Å²) in [5.41, 5.74) is 2.83. The summed E-state index contributed by atoms with van der Waals surface area (Å²) in [5.74, 6) is 2.50. The third kappa shape index (κ3) is 6.19. The van der Waals surface area contributed by atoms with Gasteiger partial charge in [0.05, 0.1) is 7.11 Å². The number of likely N-dealkylation sites (tertiary alicyclic amines) is 1. The summed E-state index contributed by atoms with van der Waals surface area (Å²) in [6.45, 7) is 2.69. The molecule has 1 fully saturated rings. The topological polar surface area (TPSA) is 42.0 Å². The van der Waals surface area contributed by atoms with Gasteiger partial charge in [-0.05, 0) is 79.1 Å². The van der Waals surface area contributed by atoms with E-state index in [1.807, 2.05) is 102 Å². The number of amides is 1. The third-order valence-electron chi connectivity index (χ3n) is 6.80. The number of ether oxygens (including phenoxy) is 2. The highest BCUT2D eigenvalue weighted by molar-refractivity contribution is 6.06. The number of nitrogens with zero attached hydrogens (tertiary/aromatic N) is 2. The van der Waals surface area contributed by atoms with Crippen LogP contribution in [0.3, 0.4) is 0 Å². The first-order valence-corrected chi connectivity index (χ1v) is 12.8. The molecular weight excluding hydrogens is 460 g/mol. The van der Waals surface area contributed by atoms with Gasteiger partial charge < -0.3 is 14.4 Å². The van der Waals surface area contributed by atoms with Crippen molar-refractivity contribution in [2.75, 3.05) is 25.1 Å². The molecule has 4 aromatic carbocycles. The Balaban J connectivity index is 1.26. The number of carbonyl (C=O) groups excluding carboxylic acids is 1. The number of piperidine rings is 1. The van der Waals surface area contributed by atoms with Crippen molar-refractivity contribution in [3.05, 3.63) is 120 Å². The van der Waals surface area contributed by atoms with Gasteiger partial charge in [-0.15, -0.1) is 0 Å². The number of methoxy groups -OCH3 is 1. The molecule has 0 spiro atoms. The van der Waals surface area contributed by atoms with Crippen molar-refractivity contribution >= 4 is 11.6 Å². The lowest BCUT2D eigenvalue weighted by molar-refractivity contribution is 0.0958. The summed E-state index contributed by atoms with van der Waals surface area (Å²) in [5, 5.41) is 0. The summed E-state index contributed by atoms with van der Waals surface area (Å²) < 4.78 is 11.4. The standard InChI is InChI=1S/C32H32N2O3/c1-36-29-17-15-27(16-18-29)34(32(35)26-10-4-2-5-11-26)28-19-21-33(22-20-28)24-25-9-8-14-31(23-25)37-30-12-6-3-7-13-30/h2-18,23,28H,19-22,24H2,1H3. The Bertz CT molecular complexity index is 1280. The molecule has 0 N–H and O–H groups in total. The van der Waals surface area contributed by atoms with Gasteiger partial charge in [-0.3, -0.25) is 9.69 Å². The highest BCUT2D eigenvalue weighted by Crippen LogP contribution is 2.29. The van der Waals surface area contributed by atoms with Crippen molar-refractivity contribution in [1.82, 2.24) is 4.90 Å². The molecule has 4 aromatic rings. The van der Waals surface area contributed by atoms with E-state index in [4.69, 9.17) is 9.47 Å². The smallest absolute Gasteiger partial charge is 0.258 e. The first-order valence-electron chi connectivity index (χ1n) is 12.8. The maximum atomic E-state index is 13.6. The first kappa shape index (κ1) is 24.6. The van der Waals surface area contributed by atoms with E-state index in [1.54, 1.807) is 7.11 Å². The highest BCUT2D eigenvalue weighted by atomic mass is 16.5. The minimum atomic E-state index is 0.0370. The second-order valence-corrected chi connectivity index (χ2v) is 9.31. The summed E-state index contributed by atoms with van der Waals surface area (Å²) in [7, 11) is 1.65. The third-order valence-corrected chi connectivity index (χ3v) is 6.80. The van der Waals surface area contributed by atoms with Crippen LogP contribution in [-0.2, 0) is 6.54 Å². The molecular formula is C32H32N2O3. The van der Waals surface area contributed by atoms with Gasteiger partial charge in [0.25, 0.3) is 5.91 Å². The van der Waals surface area contributed by atoms with Gasteiger partial charge in [0.2, 0.25) is 0 Å². The van der Waals surface area contributed by atoms with Gasteiger partial charge in [0.15, 0.2) is 0 Å². The molecule has 0 saturated carbocycles. The van der Waals surface area contributed by atoms with Crippen molar-refractivity contribution in [1.29, 1.82) is 0 Å². The summed E-state index contributed by atoms with van der Waals surface area (Å²) in [4.78, 5) is 18.1. The Hall–Kier alpha value is -4.09. The molecule has 1 aliphatic rings. The monoisotopic (exact) mass is 492 g/mol. The highest BCUT2D eigenvalue weighted by Gasteiger charge is 2.30. The lowest BCUT2D eigenvalue weighted by atomic mass is 10.00. The van der Waals surface area contributed by atoms with Crippen molar-refractivity contribution in [2.45, 2.75) is 25.4 Å². The van der Waals surface area contributed by atoms with Crippen molar-refractivity contribution in [3.8, 4) is 17.2 Å². The van der Waals surface area contributed by atoms with Gasteiger partial charge >= 0.3 is 0 Å². The Morgan fingerprint density at radius 2 is 1.43 bits per heavy atom. The van der Waals surface area contributed by atoms with Crippen LogP contribution in [0.2, 0.25) is 0 Å². The fourth-order valence-corrected chi connectivity index (χ4v) is 4.88. The van der Waals surface area contributed by atoms with E-state index in [9.17, 15) is 4.79 Å². The second-order valence-electron chi connectivity index (χ2n) is 9.31. The van der Waals surface area contributed by atoms with Crippen molar-refractivity contribution in [2.24, 2.45) is 0 Å². The molecule has 5 heteroatoms. The molecule has 0 atom stereocenters. The summed E-state index contributed by atoms with van der Waals surface area (Å²) >= 11 is 0. The Morgan fingerprint density at radius 1 is 0.784 bits per heavy atom. The lowest BCUT2D eigenvalue weighted by Crippen LogP contribution is -2.47. The largest absolute Gasteiger partial charge is 0.497 e. The molecule has 1 amide bonds. The Morgan fingerprint density at radius 3 is 2.11 bits per heavy atom. The number of hydrogen-bond donors (Lipinski definition) is 0. The van der Waals surface area contributed by atoms with E-state index < -0.39 is 0 Å². The number of rotatable bonds is 8. The SMILES string of the molecule is COc1ccc(N(C(=O)c2ccccc2)C2CCN(Cc3cccc(Oc4ccccc4)c3)CC2)cc1.